The van der Waals surface area contributed by atoms with Crippen LogP contribution in [0, 0.1) is 0 Å². The van der Waals surface area contributed by atoms with Crippen LogP contribution >= 0.6 is 24.0 Å². The molecule has 0 aliphatic carbocycles. The van der Waals surface area contributed by atoms with Gasteiger partial charge in [-0.3, -0.25) is 9.89 Å². The third kappa shape index (κ3) is 6.19. The van der Waals surface area contributed by atoms with Crippen molar-refractivity contribution >= 4 is 35.6 Å². The topological polar surface area (TPSA) is 67.4 Å². The second-order valence-electron chi connectivity index (χ2n) is 7.83. The molecule has 0 radical (unpaired) electrons. The first-order valence-electron chi connectivity index (χ1n) is 11.0. The number of rotatable bonds is 6. The summed E-state index contributed by atoms with van der Waals surface area (Å²) >= 11 is 0. The molecule has 2 aliphatic heterocycles. The first-order chi connectivity index (χ1) is 15.3. The largest absolute Gasteiger partial charge is 0.497 e. The molecule has 1 unspecified atom stereocenters. The predicted octanol–water partition coefficient (Wildman–Crippen LogP) is 4.30. The molecule has 1 saturated heterocycles. The Morgan fingerprint density at radius 3 is 2.59 bits per heavy atom. The number of halogens is 1. The first-order valence-corrected chi connectivity index (χ1v) is 11.0. The van der Waals surface area contributed by atoms with Gasteiger partial charge >= 0.3 is 0 Å². The van der Waals surface area contributed by atoms with Gasteiger partial charge in [-0.25, -0.2) is 0 Å². The second kappa shape index (κ2) is 12.2. The van der Waals surface area contributed by atoms with Crippen molar-refractivity contribution in [2.75, 3.05) is 52.3 Å². The molecule has 2 aliphatic rings. The van der Waals surface area contributed by atoms with E-state index in [0.29, 0.717) is 13.2 Å². The van der Waals surface area contributed by atoms with Gasteiger partial charge in [0.25, 0.3) is 0 Å². The summed E-state index contributed by atoms with van der Waals surface area (Å²) in [6.07, 6.45) is 3.37. The van der Waals surface area contributed by atoms with Crippen molar-refractivity contribution in [2.24, 2.45) is 4.99 Å². The molecule has 7 nitrogen and oxygen atoms in total. The number of nitrogens with zero attached hydrogens (tertiary/aromatic N) is 2. The van der Waals surface area contributed by atoms with E-state index < -0.39 is 0 Å². The first kappa shape index (κ1) is 24.4. The number of hydrogen-bond acceptors (Lipinski definition) is 5. The zero-order chi connectivity index (χ0) is 21.5. The third-order valence-electron chi connectivity index (χ3n) is 5.76. The number of aliphatic imine (C=N–C) groups is 1. The quantitative estimate of drug-likeness (QED) is 0.317. The number of anilines is 1. The normalized spacial score (nSPS) is 17.1. The van der Waals surface area contributed by atoms with Gasteiger partial charge in [-0.05, 0) is 55.8 Å². The van der Waals surface area contributed by atoms with Crippen LogP contribution in [0.4, 0.5) is 5.69 Å². The van der Waals surface area contributed by atoms with E-state index >= 15 is 0 Å². The summed E-state index contributed by atoms with van der Waals surface area (Å²) in [4.78, 5) is 6.95. The van der Waals surface area contributed by atoms with Gasteiger partial charge in [0.2, 0.25) is 0 Å². The predicted molar refractivity (Wildman–Crippen MR) is 139 cm³/mol. The Morgan fingerprint density at radius 1 is 1.06 bits per heavy atom. The van der Waals surface area contributed by atoms with Gasteiger partial charge in [0, 0.05) is 31.8 Å². The van der Waals surface area contributed by atoms with Crippen LogP contribution in [0.15, 0.2) is 47.5 Å². The molecule has 1 atom stereocenters. The van der Waals surface area contributed by atoms with Gasteiger partial charge < -0.3 is 24.8 Å². The molecule has 32 heavy (non-hydrogen) atoms. The molecule has 8 heteroatoms. The average molecular weight is 552 g/mol. The lowest BCUT2D eigenvalue weighted by molar-refractivity contribution is 0.245. The highest BCUT2D eigenvalue weighted by Gasteiger charge is 2.24. The highest BCUT2D eigenvalue weighted by atomic mass is 127. The van der Waals surface area contributed by atoms with Crippen molar-refractivity contribution in [1.29, 1.82) is 0 Å². The molecular formula is C24H33IN4O3. The highest BCUT2D eigenvalue weighted by molar-refractivity contribution is 14.0. The molecule has 2 N–H and O–H groups in total. The zero-order valence-corrected chi connectivity index (χ0v) is 21.1. The summed E-state index contributed by atoms with van der Waals surface area (Å²) in [5.74, 6) is 3.17. The minimum absolute atomic E-state index is 0. The lowest BCUT2D eigenvalue weighted by Crippen LogP contribution is -2.39. The number of guanidine groups is 1. The van der Waals surface area contributed by atoms with Crippen LogP contribution in [0.25, 0.3) is 0 Å². The van der Waals surface area contributed by atoms with Crippen LogP contribution in [0.3, 0.4) is 0 Å². The summed E-state index contributed by atoms with van der Waals surface area (Å²) in [7, 11) is 3.50. The smallest absolute Gasteiger partial charge is 0.195 e. The van der Waals surface area contributed by atoms with E-state index in [1.54, 1.807) is 14.2 Å². The lowest BCUT2D eigenvalue weighted by Gasteiger charge is -2.29. The van der Waals surface area contributed by atoms with E-state index in [9.17, 15) is 0 Å². The Morgan fingerprint density at radius 2 is 1.84 bits per heavy atom. The summed E-state index contributed by atoms with van der Waals surface area (Å²) in [6.45, 7) is 4.32. The SMILES string of the molecule is CN=C(NCC(c1cccc(OC)c1)N1CCCC1)Nc1ccc2c(c1)OCCCO2.I. The van der Waals surface area contributed by atoms with Crippen LogP contribution in [0.5, 0.6) is 17.2 Å². The Balaban J connectivity index is 0.00000289. The average Bonchev–Trinajstić information content (AvgIpc) is 3.23. The van der Waals surface area contributed by atoms with Crippen LogP contribution in [0.1, 0.15) is 30.9 Å². The number of benzene rings is 2. The van der Waals surface area contributed by atoms with Crippen molar-refractivity contribution < 1.29 is 14.2 Å². The van der Waals surface area contributed by atoms with Crippen molar-refractivity contribution in [2.45, 2.75) is 25.3 Å². The van der Waals surface area contributed by atoms with Gasteiger partial charge in [0.05, 0.1) is 26.4 Å². The molecule has 0 amide bonds. The van der Waals surface area contributed by atoms with Gasteiger partial charge in [0.15, 0.2) is 17.5 Å². The Hall–Kier alpha value is -2.20. The number of hydrogen-bond donors (Lipinski definition) is 2. The van der Waals surface area contributed by atoms with Gasteiger partial charge in [-0.1, -0.05) is 12.1 Å². The van der Waals surface area contributed by atoms with E-state index in [1.165, 1.54) is 18.4 Å². The molecule has 1 fully saturated rings. The molecule has 2 aromatic carbocycles. The Labute approximate surface area is 207 Å². The van der Waals surface area contributed by atoms with Crippen LogP contribution in [0.2, 0.25) is 0 Å². The summed E-state index contributed by atoms with van der Waals surface area (Å²) in [5.41, 5.74) is 2.16. The van der Waals surface area contributed by atoms with E-state index in [1.807, 2.05) is 24.3 Å². The van der Waals surface area contributed by atoms with E-state index in [-0.39, 0.29) is 30.0 Å². The van der Waals surface area contributed by atoms with Crippen molar-refractivity contribution in [1.82, 2.24) is 10.2 Å². The molecule has 0 saturated carbocycles. The summed E-state index contributed by atoms with van der Waals surface area (Å²) < 4.78 is 17.0. The molecule has 0 bridgehead atoms. The maximum absolute atomic E-state index is 5.81. The van der Waals surface area contributed by atoms with E-state index in [4.69, 9.17) is 14.2 Å². The maximum Gasteiger partial charge on any atom is 0.195 e. The number of nitrogens with one attached hydrogen (secondary N) is 2. The fourth-order valence-corrected chi connectivity index (χ4v) is 4.11. The molecular weight excluding hydrogens is 519 g/mol. The minimum atomic E-state index is 0. The molecule has 2 heterocycles. The Kier molecular flexibility index (Phi) is 9.28. The van der Waals surface area contributed by atoms with Crippen molar-refractivity contribution in [3.8, 4) is 17.2 Å². The molecule has 2 aromatic rings. The standard InChI is InChI=1S/C24H32N4O3.HI/c1-25-24(27-19-9-10-22-23(16-19)31-14-6-13-30-22)26-17-21(28-11-3-4-12-28)18-7-5-8-20(15-18)29-2;/h5,7-10,15-16,21H,3-4,6,11-14,17H2,1-2H3,(H2,25,26,27);1H. The van der Waals surface area contributed by atoms with Crippen LogP contribution in [-0.2, 0) is 0 Å². The van der Waals surface area contributed by atoms with Gasteiger partial charge in [-0.15, -0.1) is 24.0 Å². The number of methoxy groups -OCH3 is 1. The number of fused-ring (bicyclic) bond motifs is 1. The molecule has 174 valence electrons. The molecule has 0 aromatic heterocycles. The zero-order valence-electron chi connectivity index (χ0n) is 18.8. The van der Waals surface area contributed by atoms with Crippen molar-refractivity contribution in [3.05, 3.63) is 48.0 Å². The fraction of sp³-hybridized carbons (Fsp3) is 0.458. The fourth-order valence-electron chi connectivity index (χ4n) is 4.11. The van der Waals surface area contributed by atoms with Crippen LogP contribution in [-0.4, -0.2) is 57.9 Å². The number of likely N-dealkylation sites (tertiary alicyclic amines) is 1. The summed E-state index contributed by atoms with van der Waals surface area (Å²) in [5, 5.41) is 6.89. The van der Waals surface area contributed by atoms with E-state index in [2.05, 4.69) is 38.7 Å². The van der Waals surface area contributed by atoms with Gasteiger partial charge in [-0.2, -0.15) is 0 Å². The minimum Gasteiger partial charge on any atom is -0.497 e. The van der Waals surface area contributed by atoms with Gasteiger partial charge in [0.1, 0.15) is 5.75 Å². The van der Waals surface area contributed by atoms with E-state index in [0.717, 1.165) is 55.0 Å². The lowest BCUT2D eigenvalue weighted by atomic mass is 10.1. The monoisotopic (exact) mass is 552 g/mol. The van der Waals surface area contributed by atoms with Crippen LogP contribution < -0.4 is 24.8 Å². The molecule has 0 spiro atoms. The third-order valence-corrected chi connectivity index (χ3v) is 5.76. The summed E-state index contributed by atoms with van der Waals surface area (Å²) in [6, 6.07) is 14.5. The number of ether oxygens (including phenoxy) is 3. The highest BCUT2D eigenvalue weighted by Crippen LogP contribution is 2.32. The van der Waals surface area contributed by atoms with Crippen molar-refractivity contribution in [3.63, 3.8) is 0 Å². The maximum atomic E-state index is 5.81. The molecule has 4 rings (SSSR count). The second-order valence-corrected chi connectivity index (χ2v) is 7.83. The Bertz CT molecular complexity index is 903.